The van der Waals surface area contributed by atoms with E-state index in [0.29, 0.717) is 11.7 Å². The lowest BCUT2D eigenvalue weighted by Crippen LogP contribution is -2.21. The maximum atomic E-state index is 10.5. The van der Waals surface area contributed by atoms with Crippen LogP contribution < -0.4 is 0 Å². The minimum Gasteiger partial charge on any atom is -0.458 e. The Kier molecular flexibility index (Phi) is 1.95. The lowest BCUT2D eigenvalue weighted by molar-refractivity contribution is -0.147. The van der Waals surface area contributed by atoms with Gasteiger partial charge in [-0.05, 0) is 6.42 Å². The van der Waals surface area contributed by atoms with Gasteiger partial charge in [-0.1, -0.05) is 6.92 Å². The Morgan fingerprint density at radius 3 is 2.50 bits per heavy atom. The summed E-state index contributed by atoms with van der Waals surface area (Å²) in [6.45, 7) is 3.51. The van der Waals surface area contributed by atoms with Gasteiger partial charge in [0.15, 0.2) is 0 Å². The van der Waals surface area contributed by atoms with Crippen molar-refractivity contribution >= 4 is 18.6 Å². The van der Waals surface area contributed by atoms with Crippen molar-refractivity contribution in [1.82, 2.24) is 0 Å². The van der Waals surface area contributed by atoms with Gasteiger partial charge < -0.3 is 4.74 Å². The molecule has 0 aromatic carbocycles. The number of esters is 1. The fourth-order valence-corrected chi connectivity index (χ4v) is 1.65. The molecule has 0 N–H and O–H groups in total. The third kappa shape index (κ3) is 1.29. The fourth-order valence-electron chi connectivity index (χ4n) is 1.14. The quantitative estimate of drug-likeness (QED) is 0.486. The smallest absolute Gasteiger partial charge is 0.303 e. The van der Waals surface area contributed by atoms with E-state index in [1.807, 2.05) is 0 Å². The van der Waals surface area contributed by atoms with Crippen molar-refractivity contribution in [2.45, 2.75) is 25.9 Å². The Morgan fingerprint density at radius 1 is 1.90 bits per heavy atom. The third-order valence-electron chi connectivity index (χ3n) is 2.00. The van der Waals surface area contributed by atoms with Crippen molar-refractivity contribution in [3.8, 4) is 0 Å². The van der Waals surface area contributed by atoms with Crippen LogP contribution in [0.25, 0.3) is 0 Å². The Balaban J connectivity index is 2.45. The van der Waals surface area contributed by atoms with Gasteiger partial charge in [0.25, 0.3) is 0 Å². The molecule has 0 aromatic rings. The van der Waals surface area contributed by atoms with E-state index < -0.39 is 0 Å². The molecular weight excluding hydrogens is 148 g/mol. The summed E-state index contributed by atoms with van der Waals surface area (Å²) in [6, 6.07) is 0. The number of rotatable bonds is 2. The van der Waals surface area contributed by atoms with Crippen molar-refractivity contribution in [2.75, 3.05) is 5.75 Å². The first kappa shape index (κ1) is 7.92. The second kappa shape index (κ2) is 2.46. The lowest BCUT2D eigenvalue weighted by Gasteiger charge is -2.12. The summed E-state index contributed by atoms with van der Waals surface area (Å²) in [5, 5.41) is 0. The molecule has 0 spiro atoms. The summed E-state index contributed by atoms with van der Waals surface area (Å²) < 4.78 is 5.09. The maximum Gasteiger partial charge on any atom is 0.303 e. The van der Waals surface area contributed by atoms with Crippen molar-refractivity contribution in [1.29, 1.82) is 0 Å². The van der Waals surface area contributed by atoms with Gasteiger partial charge in [0, 0.05) is 18.6 Å². The van der Waals surface area contributed by atoms with E-state index >= 15 is 0 Å². The molecule has 0 heterocycles. The average Bonchev–Trinajstić information content (AvgIpc) is 2.42. The molecule has 1 saturated carbocycles. The van der Waals surface area contributed by atoms with Gasteiger partial charge in [-0.25, -0.2) is 0 Å². The second-order valence-electron chi connectivity index (χ2n) is 2.92. The zero-order valence-electron chi connectivity index (χ0n) is 6.26. The summed E-state index contributed by atoms with van der Waals surface area (Å²) >= 11 is 4.12. The minimum atomic E-state index is -0.213. The zero-order valence-corrected chi connectivity index (χ0v) is 7.15. The molecule has 10 heavy (non-hydrogen) atoms. The number of ether oxygens (including phenoxy) is 1. The third-order valence-corrected chi connectivity index (χ3v) is 2.54. The topological polar surface area (TPSA) is 26.3 Å². The van der Waals surface area contributed by atoms with Crippen LogP contribution in [0.4, 0.5) is 0 Å². The van der Waals surface area contributed by atoms with Gasteiger partial charge in [-0.2, -0.15) is 12.6 Å². The number of hydrogen-bond acceptors (Lipinski definition) is 3. The number of hydrogen-bond donors (Lipinski definition) is 1. The lowest BCUT2D eigenvalue weighted by atomic mass is 10.3. The van der Waals surface area contributed by atoms with Gasteiger partial charge in [0.2, 0.25) is 0 Å². The Hall–Kier alpha value is -0.180. The predicted molar refractivity (Wildman–Crippen MR) is 42.1 cm³/mol. The largest absolute Gasteiger partial charge is 0.458 e. The van der Waals surface area contributed by atoms with Crippen LogP contribution in [0.15, 0.2) is 0 Å². The van der Waals surface area contributed by atoms with Crippen LogP contribution >= 0.6 is 12.6 Å². The van der Waals surface area contributed by atoms with Gasteiger partial charge in [-0.3, -0.25) is 4.79 Å². The van der Waals surface area contributed by atoms with E-state index in [2.05, 4.69) is 19.6 Å². The van der Waals surface area contributed by atoms with Crippen LogP contribution in [-0.4, -0.2) is 17.3 Å². The molecule has 0 saturated heterocycles. The molecule has 0 aliphatic heterocycles. The molecule has 1 aliphatic rings. The molecule has 2 atom stereocenters. The van der Waals surface area contributed by atoms with E-state index in [1.54, 1.807) is 0 Å². The summed E-state index contributed by atoms with van der Waals surface area (Å²) in [5.41, 5.74) is -0.213. The van der Waals surface area contributed by atoms with Crippen molar-refractivity contribution in [3.63, 3.8) is 0 Å². The molecule has 1 fully saturated rings. The van der Waals surface area contributed by atoms with E-state index in [4.69, 9.17) is 4.74 Å². The fraction of sp³-hybridized carbons (Fsp3) is 0.857. The summed E-state index contributed by atoms with van der Waals surface area (Å²) in [6.07, 6.45) is 0.968. The molecule has 0 amide bonds. The van der Waals surface area contributed by atoms with Crippen LogP contribution in [0, 0.1) is 5.92 Å². The Bertz CT molecular complexity index is 154. The highest BCUT2D eigenvalue weighted by Gasteiger charge is 2.53. The number of carbonyl (C=O) groups excluding carboxylic acids is 1. The van der Waals surface area contributed by atoms with Crippen LogP contribution in [0.5, 0.6) is 0 Å². The van der Waals surface area contributed by atoms with Crippen LogP contribution in [0.1, 0.15) is 20.3 Å². The SMILES string of the molecule is CC(=O)OC1(CS)CC1C. The molecule has 0 aromatic heterocycles. The Labute approximate surface area is 66.4 Å². The molecule has 1 rings (SSSR count). The van der Waals surface area contributed by atoms with Gasteiger partial charge in [0.05, 0.1) is 0 Å². The second-order valence-corrected chi connectivity index (χ2v) is 3.24. The normalized spacial score (nSPS) is 37.3. The standard InChI is InChI=1S/C7H12O2S/c1-5-3-7(5,4-10)9-6(2)8/h5,10H,3-4H2,1-2H3. The highest BCUT2D eigenvalue weighted by Crippen LogP contribution is 2.47. The molecular formula is C7H12O2S. The molecule has 0 bridgehead atoms. The summed E-state index contributed by atoms with van der Waals surface area (Å²) in [4.78, 5) is 10.5. The molecule has 3 heteroatoms. The predicted octanol–water partition coefficient (Wildman–Crippen LogP) is 1.26. The van der Waals surface area contributed by atoms with Gasteiger partial charge in [0.1, 0.15) is 5.60 Å². The maximum absolute atomic E-state index is 10.5. The van der Waals surface area contributed by atoms with Crippen molar-refractivity contribution in [3.05, 3.63) is 0 Å². The van der Waals surface area contributed by atoms with Crippen LogP contribution in [0.2, 0.25) is 0 Å². The first-order valence-electron chi connectivity index (χ1n) is 3.41. The molecule has 2 nitrogen and oxygen atoms in total. The number of thiol groups is 1. The molecule has 0 radical (unpaired) electrons. The monoisotopic (exact) mass is 160 g/mol. The van der Waals surface area contributed by atoms with Crippen molar-refractivity contribution < 1.29 is 9.53 Å². The van der Waals surface area contributed by atoms with E-state index in [1.165, 1.54) is 6.92 Å². The van der Waals surface area contributed by atoms with E-state index in [9.17, 15) is 4.79 Å². The summed E-state index contributed by atoms with van der Waals surface area (Å²) in [7, 11) is 0. The summed E-state index contributed by atoms with van der Waals surface area (Å²) in [5.74, 6) is 0.945. The van der Waals surface area contributed by atoms with Crippen molar-refractivity contribution in [2.24, 2.45) is 5.92 Å². The number of carbonyl (C=O) groups is 1. The molecule has 1 aliphatic carbocycles. The van der Waals surface area contributed by atoms with Crippen LogP contribution in [-0.2, 0) is 9.53 Å². The van der Waals surface area contributed by atoms with E-state index in [-0.39, 0.29) is 11.6 Å². The minimum absolute atomic E-state index is 0.196. The Morgan fingerprint density at radius 2 is 2.40 bits per heavy atom. The van der Waals surface area contributed by atoms with Gasteiger partial charge in [-0.15, -0.1) is 0 Å². The highest BCUT2D eigenvalue weighted by atomic mass is 32.1. The van der Waals surface area contributed by atoms with E-state index in [0.717, 1.165) is 6.42 Å². The van der Waals surface area contributed by atoms with Crippen LogP contribution in [0.3, 0.4) is 0 Å². The van der Waals surface area contributed by atoms with Gasteiger partial charge >= 0.3 is 5.97 Å². The first-order chi connectivity index (χ1) is 4.60. The zero-order chi connectivity index (χ0) is 7.78. The highest BCUT2D eigenvalue weighted by molar-refractivity contribution is 7.80. The molecule has 58 valence electrons. The average molecular weight is 160 g/mol. The molecule has 2 unspecified atom stereocenters. The first-order valence-corrected chi connectivity index (χ1v) is 4.04.